The predicted octanol–water partition coefficient (Wildman–Crippen LogP) is 18.8. The van der Waals surface area contributed by atoms with Crippen LogP contribution < -0.4 is 10.9 Å². The van der Waals surface area contributed by atoms with Crippen LogP contribution in [0.25, 0.3) is 66.8 Å². The van der Waals surface area contributed by atoms with Gasteiger partial charge in [0.15, 0.2) is 0 Å². The fraction of sp³-hybridized carbons (Fsp3) is 0.206. The normalized spacial score (nSPS) is 15.3. The molecular weight excluding hydrogens is 1280 g/mol. The van der Waals surface area contributed by atoms with Gasteiger partial charge in [0.25, 0.3) is 0 Å². The highest BCUT2D eigenvalue weighted by Crippen LogP contribution is 2.40. The molecule has 2 fully saturated rings. The standard InChI is InChI=1S/C30H36B2O4.C30H20Br2.C6H4BrI.C2H6.H2O/c1-27(2)28(3,4)34-31(33-27)25-18-24(19-26(20-25)32-35-29(5,6)30(7,8)36-32)23-16-12-15-22(17-23)21-13-10-9-11-14-21;31-29-13-9-22(10-14-29)26-18-27(23-11-15-30(32)16-12-23)20-28(19-26)25-8-4-7-24(17-25)21-5-2-1-3-6-21;7-5-1-3-6(8)4-2-5;1-2;/h9-20H,1-8H3;1-20H;1-4H;1-2H3;1H2. The molecule has 0 radical (unpaired) electrons. The van der Waals surface area contributed by atoms with Crippen LogP contribution in [-0.2, 0) is 18.6 Å². The lowest BCUT2D eigenvalue weighted by Crippen LogP contribution is -2.41. The van der Waals surface area contributed by atoms with Crippen LogP contribution in [0.2, 0.25) is 0 Å². The summed E-state index contributed by atoms with van der Waals surface area (Å²) in [6.07, 6.45) is 0. The minimum atomic E-state index is -0.478. The van der Waals surface area contributed by atoms with Crippen molar-refractivity contribution >= 4 is 95.5 Å². The van der Waals surface area contributed by atoms with Gasteiger partial charge in [-0.25, -0.2) is 0 Å². The Hall–Kier alpha value is -4.92. The molecule has 11 rings (SSSR count). The zero-order valence-electron chi connectivity index (χ0n) is 46.6. The lowest BCUT2D eigenvalue weighted by Gasteiger charge is -2.32. The van der Waals surface area contributed by atoms with Gasteiger partial charge in [0.2, 0.25) is 0 Å². The molecule has 2 heterocycles. The van der Waals surface area contributed by atoms with Crippen molar-refractivity contribution < 1.29 is 24.1 Å². The van der Waals surface area contributed by atoms with Crippen molar-refractivity contribution in [1.82, 2.24) is 0 Å². The Kier molecular flexibility index (Phi) is 20.9. The molecular formula is C68H68B2Br3IO5. The molecule has 5 nitrogen and oxygen atoms in total. The molecule has 0 atom stereocenters. The first kappa shape index (κ1) is 61.7. The average Bonchev–Trinajstić information content (AvgIpc) is 3.88. The van der Waals surface area contributed by atoms with Crippen molar-refractivity contribution in [1.29, 1.82) is 0 Å². The SMILES string of the molecule is Brc1ccc(-c2cc(-c3ccc(Br)cc3)cc(-c3cccc(-c4ccccc4)c3)c2)cc1.Brc1ccc(I)cc1.CC.CC1(C)OB(c2cc(B3OC(C)(C)C(C)(C)O3)cc(-c3cccc(-c4ccccc4)c3)c2)OC1(C)C.O. The predicted molar refractivity (Wildman–Crippen MR) is 354 cm³/mol. The van der Waals surface area contributed by atoms with E-state index in [2.05, 4.69) is 326 Å². The minimum absolute atomic E-state index is 0. The van der Waals surface area contributed by atoms with Gasteiger partial charge < -0.3 is 24.1 Å². The minimum Gasteiger partial charge on any atom is -0.412 e. The topological polar surface area (TPSA) is 68.4 Å². The summed E-state index contributed by atoms with van der Waals surface area (Å²) in [6.45, 7) is 20.6. The molecule has 0 saturated carbocycles. The van der Waals surface area contributed by atoms with Crippen molar-refractivity contribution in [2.45, 2.75) is 91.6 Å². The summed E-state index contributed by atoms with van der Waals surface area (Å²) >= 11 is 12.7. The summed E-state index contributed by atoms with van der Waals surface area (Å²) in [7, 11) is -0.957. The lowest BCUT2D eigenvalue weighted by molar-refractivity contribution is 0.00578. The monoisotopic (exact) mass is 1350 g/mol. The second-order valence-corrected chi connectivity index (χ2v) is 25.2. The lowest BCUT2D eigenvalue weighted by atomic mass is 9.70. The van der Waals surface area contributed by atoms with E-state index in [0.29, 0.717) is 0 Å². The Bertz CT molecular complexity index is 3260. The quantitative estimate of drug-likeness (QED) is 0.112. The number of hydrogen-bond donors (Lipinski definition) is 0. The highest BCUT2D eigenvalue weighted by atomic mass is 127. The van der Waals surface area contributed by atoms with Crippen molar-refractivity contribution in [3.8, 4) is 66.8 Å². The van der Waals surface area contributed by atoms with Crippen LogP contribution in [0.4, 0.5) is 0 Å². The summed E-state index contributed by atoms with van der Waals surface area (Å²) in [5, 5.41) is 0. The number of rotatable bonds is 8. The van der Waals surface area contributed by atoms with Gasteiger partial charge in [0.1, 0.15) is 0 Å². The molecule has 79 heavy (non-hydrogen) atoms. The van der Waals surface area contributed by atoms with Gasteiger partial charge in [-0.05, 0) is 235 Å². The maximum absolute atomic E-state index is 6.43. The number of benzene rings is 9. The van der Waals surface area contributed by atoms with E-state index in [-0.39, 0.29) is 5.48 Å². The second-order valence-electron chi connectivity index (χ2n) is 21.2. The van der Waals surface area contributed by atoms with Crippen LogP contribution >= 0.6 is 70.4 Å². The molecule has 0 spiro atoms. The highest BCUT2D eigenvalue weighted by Gasteiger charge is 2.54. The number of halogens is 4. The van der Waals surface area contributed by atoms with Crippen LogP contribution in [0.1, 0.15) is 69.2 Å². The maximum atomic E-state index is 6.43. The van der Waals surface area contributed by atoms with Gasteiger partial charge >= 0.3 is 14.2 Å². The Morgan fingerprint density at radius 1 is 0.291 bits per heavy atom. The Morgan fingerprint density at radius 3 is 0.848 bits per heavy atom. The van der Waals surface area contributed by atoms with E-state index < -0.39 is 36.6 Å². The van der Waals surface area contributed by atoms with Crippen LogP contribution in [0.15, 0.2) is 232 Å². The van der Waals surface area contributed by atoms with Crippen molar-refractivity contribution in [3.05, 3.63) is 235 Å². The molecule has 2 aliphatic heterocycles. The van der Waals surface area contributed by atoms with Gasteiger partial charge in [-0.2, -0.15) is 0 Å². The molecule has 2 aliphatic rings. The van der Waals surface area contributed by atoms with E-state index >= 15 is 0 Å². The smallest absolute Gasteiger partial charge is 0.412 e. The van der Waals surface area contributed by atoms with Gasteiger partial charge in [0, 0.05) is 17.0 Å². The molecule has 0 aromatic heterocycles. The Balaban J connectivity index is 0.000000194. The Labute approximate surface area is 509 Å². The summed E-state index contributed by atoms with van der Waals surface area (Å²) < 4.78 is 30.3. The maximum Gasteiger partial charge on any atom is 0.494 e. The summed E-state index contributed by atoms with van der Waals surface area (Å²) in [6, 6.07) is 76.9. The van der Waals surface area contributed by atoms with E-state index in [1.54, 1.807) is 0 Å². The molecule has 2 N–H and O–H groups in total. The first-order chi connectivity index (χ1) is 37.2. The fourth-order valence-corrected chi connectivity index (χ4v) is 10.1. The zero-order valence-corrected chi connectivity index (χ0v) is 53.5. The van der Waals surface area contributed by atoms with E-state index in [1.807, 2.05) is 32.0 Å². The van der Waals surface area contributed by atoms with Crippen LogP contribution in [0.5, 0.6) is 0 Å². The van der Waals surface area contributed by atoms with Gasteiger partial charge in [-0.3, -0.25) is 0 Å². The molecule has 404 valence electrons. The van der Waals surface area contributed by atoms with Gasteiger partial charge in [-0.15, -0.1) is 0 Å². The van der Waals surface area contributed by atoms with Crippen LogP contribution in [0, 0.1) is 3.57 Å². The van der Waals surface area contributed by atoms with Gasteiger partial charge in [-0.1, -0.05) is 201 Å². The third-order valence-electron chi connectivity index (χ3n) is 14.7. The summed E-state index contributed by atoms with van der Waals surface area (Å²) in [4.78, 5) is 0. The van der Waals surface area contributed by atoms with Crippen molar-refractivity contribution in [2.24, 2.45) is 0 Å². The highest BCUT2D eigenvalue weighted by molar-refractivity contribution is 14.1. The summed E-state index contributed by atoms with van der Waals surface area (Å²) in [5.74, 6) is 0. The van der Waals surface area contributed by atoms with E-state index in [9.17, 15) is 0 Å². The molecule has 0 aliphatic carbocycles. The largest absolute Gasteiger partial charge is 0.494 e. The molecule has 11 heteroatoms. The molecule has 0 amide bonds. The first-order valence-corrected chi connectivity index (χ1v) is 29.9. The van der Waals surface area contributed by atoms with E-state index in [4.69, 9.17) is 18.6 Å². The van der Waals surface area contributed by atoms with Crippen LogP contribution in [0.3, 0.4) is 0 Å². The third kappa shape index (κ3) is 15.4. The molecule has 9 aromatic carbocycles. The van der Waals surface area contributed by atoms with Gasteiger partial charge in [0.05, 0.1) is 22.4 Å². The Morgan fingerprint density at radius 2 is 0.532 bits per heavy atom. The molecule has 9 aromatic rings. The zero-order chi connectivity index (χ0) is 55.8. The van der Waals surface area contributed by atoms with Crippen LogP contribution in [-0.4, -0.2) is 42.1 Å². The summed E-state index contributed by atoms with van der Waals surface area (Å²) in [5.41, 5.74) is 14.5. The molecule has 0 unspecified atom stereocenters. The van der Waals surface area contributed by atoms with Crippen molar-refractivity contribution in [2.75, 3.05) is 0 Å². The number of hydrogen-bond acceptors (Lipinski definition) is 4. The van der Waals surface area contributed by atoms with Crippen molar-refractivity contribution in [3.63, 3.8) is 0 Å². The molecule has 0 bridgehead atoms. The molecule has 2 saturated heterocycles. The first-order valence-electron chi connectivity index (χ1n) is 26.5. The average molecular weight is 1350 g/mol. The fourth-order valence-electron chi connectivity index (χ4n) is 8.93. The van der Waals surface area contributed by atoms with E-state index in [1.165, 1.54) is 59.2 Å². The van der Waals surface area contributed by atoms with E-state index in [0.717, 1.165) is 35.5 Å². The third-order valence-corrected chi connectivity index (χ3v) is 17.0. The second kappa shape index (κ2) is 26.8.